The predicted molar refractivity (Wildman–Crippen MR) is 72.0 cm³/mol. The molecule has 5 nitrogen and oxygen atoms in total. The molecule has 0 unspecified atom stereocenters. The number of carbonyl (C=O) groups excluding carboxylic acids is 1. The Bertz CT molecular complexity index is 592. The molecule has 0 spiro atoms. The van der Waals surface area contributed by atoms with E-state index in [1.165, 1.54) is 6.42 Å². The number of piperidine rings is 1. The third-order valence-corrected chi connectivity index (χ3v) is 3.87. The van der Waals surface area contributed by atoms with Gasteiger partial charge in [-0.05, 0) is 31.7 Å². The Morgan fingerprint density at radius 1 is 1.47 bits per heavy atom. The Morgan fingerprint density at radius 3 is 3.21 bits per heavy atom. The molecule has 0 saturated carbocycles. The van der Waals surface area contributed by atoms with E-state index < -0.39 is 0 Å². The average molecular weight is 258 g/mol. The van der Waals surface area contributed by atoms with Crippen molar-refractivity contribution < 1.29 is 4.79 Å². The summed E-state index contributed by atoms with van der Waals surface area (Å²) in [5.41, 5.74) is 1.26. The zero-order valence-electron chi connectivity index (χ0n) is 11.1. The third-order valence-electron chi connectivity index (χ3n) is 3.87. The number of fused-ring (bicyclic) bond motifs is 1. The fraction of sp³-hybridized carbons (Fsp3) is 0.500. The van der Waals surface area contributed by atoms with Gasteiger partial charge in [0.05, 0.1) is 6.20 Å². The van der Waals surface area contributed by atoms with E-state index in [1.54, 1.807) is 16.9 Å². The van der Waals surface area contributed by atoms with Gasteiger partial charge in [0, 0.05) is 25.0 Å². The first kappa shape index (κ1) is 12.1. The van der Waals surface area contributed by atoms with Crippen LogP contribution < -0.4 is 0 Å². The SMILES string of the molecule is CC[C@@H]1CCCCN1C(=O)c1cnn2cccnc12. The zero-order chi connectivity index (χ0) is 13.2. The molecule has 19 heavy (non-hydrogen) atoms. The summed E-state index contributed by atoms with van der Waals surface area (Å²) in [5, 5.41) is 4.19. The molecule has 100 valence electrons. The molecule has 2 aromatic heterocycles. The van der Waals surface area contributed by atoms with E-state index >= 15 is 0 Å². The van der Waals surface area contributed by atoms with Crippen LogP contribution in [0.2, 0.25) is 0 Å². The van der Waals surface area contributed by atoms with Crippen LogP contribution in [0.4, 0.5) is 0 Å². The number of carbonyl (C=O) groups is 1. The van der Waals surface area contributed by atoms with Gasteiger partial charge in [0.25, 0.3) is 5.91 Å². The molecule has 0 aliphatic carbocycles. The second-order valence-electron chi connectivity index (χ2n) is 5.00. The highest BCUT2D eigenvalue weighted by atomic mass is 16.2. The number of likely N-dealkylation sites (tertiary alicyclic amines) is 1. The molecule has 3 rings (SSSR count). The Balaban J connectivity index is 1.94. The molecule has 1 fully saturated rings. The molecule has 0 aromatic carbocycles. The molecule has 0 N–H and O–H groups in total. The van der Waals surface area contributed by atoms with Crippen LogP contribution in [-0.4, -0.2) is 38.0 Å². The topological polar surface area (TPSA) is 50.5 Å². The molecule has 5 heteroatoms. The van der Waals surface area contributed by atoms with Crippen molar-refractivity contribution >= 4 is 11.6 Å². The van der Waals surface area contributed by atoms with Gasteiger partial charge in [-0.15, -0.1) is 0 Å². The van der Waals surface area contributed by atoms with E-state index in [2.05, 4.69) is 17.0 Å². The average Bonchev–Trinajstić information content (AvgIpc) is 2.90. The summed E-state index contributed by atoms with van der Waals surface area (Å²) in [6.07, 6.45) is 9.57. The molecule has 3 heterocycles. The predicted octanol–water partition coefficient (Wildman–Crippen LogP) is 2.13. The lowest BCUT2D eigenvalue weighted by molar-refractivity contribution is 0.0610. The van der Waals surface area contributed by atoms with Crippen LogP contribution in [0.3, 0.4) is 0 Å². The monoisotopic (exact) mass is 258 g/mol. The summed E-state index contributed by atoms with van der Waals surface area (Å²) in [6.45, 7) is 2.99. The molecular weight excluding hydrogens is 240 g/mol. The van der Waals surface area contributed by atoms with Crippen molar-refractivity contribution in [3.8, 4) is 0 Å². The summed E-state index contributed by atoms with van der Waals surface area (Å²) in [7, 11) is 0. The maximum atomic E-state index is 12.7. The minimum Gasteiger partial charge on any atom is -0.336 e. The number of aromatic nitrogens is 3. The molecule has 1 atom stereocenters. The van der Waals surface area contributed by atoms with Crippen LogP contribution in [0.1, 0.15) is 43.0 Å². The van der Waals surface area contributed by atoms with Crippen LogP contribution in [0.15, 0.2) is 24.7 Å². The second-order valence-corrected chi connectivity index (χ2v) is 5.00. The van der Waals surface area contributed by atoms with E-state index in [1.807, 2.05) is 17.2 Å². The molecule has 2 aromatic rings. The highest BCUT2D eigenvalue weighted by molar-refractivity contribution is 5.99. The van der Waals surface area contributed by atoms with E-state index in [4.69, 9.17) is 0 Å². The summed E-state index contributed by atoms with van der Waals surface area (Å²) >= 11 is 0. The van der Waals surface area contributed by atoms with Crippen molar-refractivity contribution in [2.75, 3.05) is 6.54 Å². The van der Waals surface area contributed by atoms with Crippen LogP contribution in [0, 0.1) is 0 Å². The van der Waals surface area contributed by atoms with Gasteiger partial charge in [-0.1, -0.05) is 6.92 Å². The lowest BCUT2D eigenvalue weighted by Crippen LogP contribution is -2.43. The van der Waals surface area contributed by atoms with Crippen LogP contribution in [0.25, 0.3) is 5.65 Å². The summed E-state index contributed by atoms with van der Waals surface area (Å²) in [6, 6.07) is 2.17. The minimum absolute atomic E-state index is 0.0697. The fourth-order valence-electron chi connectivity index (χ4n) is 2.83. The lowest BCUT2D eigenvalue weighted by atomic mass is 9.99. The molecule has 1 aliphatic heterocycles. The highest BCUT2D eigenvalue weighted by Gasteiger charge is 2.28. The van der Waals surface area contributed by atoms with Gasteiger partial charge in [-0.25, -0.2) is 9.50 Å². The molecular formula is C14H18N4O. The smallest absolute Gasteiger partial charge is 0.259 e. The van der Waals surface area contributed by atoms with E-state index in [0.29, 0.717) is 17.3 Å². The van der Waals surface area contributed by atoms with Gasteiger partial charge in [-0.3, -0.25) is 4.79 Å². The lowest BCUT2D eigenvalue weighted by Gasteiger charge is -2.35. The van der Waals surface area contributed by atoms with Gasteiger partial charge < -0.3 is 4.90 Å². The minimum atomic E-state index is 0.0697. The standard InChI is InChI=1S/C14H18N4O/c1-2-11-6-3-4-8-17(11)14(19)12-10-16-18-9-5-7-15-13(12)18/h5,7,9-11H,2-4,6,8H2,1H3/t11-/m1/s1. The van der Waals surface area contributed by atoms with Gasteiger partial charge in [-0.2, -0.15) is 5.10 Å². The van der Waals surface area contributed by atoms with Crippen molar-refractivity contribution in [1.82, 2.24) is 19.5 Å². The quantitative estimate of drug-likeness (QED) is 0.829. The Hall–Kier alpha value is -1.91. The van der Waals surface area contributed by atoms with Crippen LogP contribution >= 0.6 is 0 Å². The maximum absolute atomic E-state index is 12.7. The highest BCUT2D eigenvalue weighted by Crippen LogP contribution is 2.22. The maximum Gasteiger partial charge on any atom is 0.259 e. The molecule has 0 radical (unpaired) electrons. The molecule has 1 amide bonds. The summed E-state index contributed by atoms with van der Waals surface area (Å²) in [4.78, 5) is 18.9. The van der Waals surface area contributed by atoms with E-state index in [-0.39, 0.29) is 5.91 Å². The van der Waals surface area contributed by atoms with Crippen LogP contribution in [0.5, 0.6) is 0 Å². The van der Waals surface area contributed by atoms with Gasteiger partial charge in [0.15, 0.2) is 5.65 Å². The zero-order valence-corrected chi connectivity index (χ0v) is 11.1. The van der Waals surface area contributed by atoms with E-state index in [9.17, 15) is 4.79 Å². The van der Waals surface area contributed by atoms with E-state index in [0.717, 1.165) is 25.8 Å². The van der Waals surface area contributed by atoms with Gasteiger partial charge in [0.1, 0.15) is 5.56 Å². The van der Waals surface area contributed by atoms with Crippen molar-refractivity contribution in [3.63, 3.8) is 0 Å². The van der Waals surface area contributed by atoms with Gasteiger partial charge >= 0.3 is 0 Å². The largest absolute Gasteiger partial charge is 0.336 e. The third kappa shape index (κ3) is 2.09. The molecule has 1 aliphatic rings. The van der Waals surface area contributed by atoms with Crippen molar-refractivity contribution in [3.05, 3.63) is 30.2 Å². The van der Waals surface area contributed by atoms with Crippen molar-refractivity contribution in [2.45, 2.75) is 38.6 Å². The Labute approximate surface area is 112 Å². The number of hydrogen-bond donors (Lipinski definition) is 0. The normalized spacial score (nSPS) is 19.8. The Kier molecular flexibility index (Phi) is 3.19. The first-order valence-electron chi connectivity index (χ1n) is 6.90. The second kappa shape index (κ2) is 4.99. The first-order valence-corrected chi connectivity index (χ1v) is 6.90. The molecule has 0 bridgehead atoms. The number of amides is 1. The first-order chi connectivity index (χ1) is 9.31. The summed E-state index contributed by atoms with van der Waals surface area (Å²) in [5.74, 6) is 0.0697. The van der Waals surface area contributed by atoms with Crippen LogP contribution in [-0.2, 0) is 0 Å². The van der Waals surface area contributed by atoms with Crippen molar-refractivity contribution in [1.29, 1.82) is 0 Å². The Morgan fingerprint density at radius 2 is 2.37 bits per heavy atom. The van der Waals surface area contributed by atoms with Gasteiger partial charge in [0.2, 0.25) is 0 Å². The summed E-state index contributed by atoms with van der Waals surface area (Å²) < 4.78 is 1.65. The fourth-order valence-corrected chi connectivity index (χ4v) is 2.83. The number of hydrogen-bond acceptors (Lipinski definition) is 3. The number of rotatable bonds is 2. The number of nitrogens with zero attached hydrogens (tertiary/aromatic N) is 4. The van der Waals surface area contributed by atoms with Crippen molar-refractivity contribution in [2.24, 2.45) is 0 Å². The molecule has 1 saturated heterocycles.